The van der Waals surface area contributed by atoms with E-state index >= 15 is 0 Å². The topological polar surface area (TPSA) is 75.8 Å². The van der Waals surface area contributed by atoms with Gasteiger partial charge in [-0.2, -0.15) is 30.3 Å². The molecule has 5 nitrogen and oxygen atoms in total. The number of benzene rings is 2. The number of hydrogen-bond acceptors (Lipinski definition) is 2. The van der Waals surface area contributed by atoms with Gasteiger partial charge in [0.1, 0.15) is 0 Å². The fraction of sp³-hybridized carbons (Fsp3) is 0.167. The Bertz CT molecular complexity index is 760. The van der Waals surface area contributed by atoms with Gasteiger partial charge in [-0.15, -0.1) is 41.5 Å². The van der Waals surface area contributed by atoms with E-state index in [0.717, 1.165) is 11.3 Å². The first-order chi connectivity index (χ1) is 14.2. The van der Waals surface area contributed by atoms with Gasteiger partial charge in [0.05, 0.1) is 0 Å². The first-order valence-electron chi connectivity index (χ1n) is 8.31. The van der Waals surface area contributed by atoms with E-state index in [1.54, 1.807) is 6.20 Å². The average molecular weight is 545 g/mol. The van der Waals surface area contributed by atoms with Crippen molar-refractivity contribution in [1.29, 1.82) is 0 Å². The van der Waals surface area contributed by atoms with Gasteiger partial charge in [-0.3, -0.25) is 0 Å². The van der Waals surface area contributed by atoms with Crippen molar-refractivity contribution in [3.8, 4) is 11.3 Å². The second-order valence-electron chi connectivity index (χ2n) is 5.45. The molecule has 2 aromatic carbocycles. The standard InChI is InChI=1S/C11H8N.C10H14N.3CO.Cr.Pd/c1-2-6-10(7-3-1)11-8-4-5-9-12-11;1-9(11(2)3)10-7-5-4-6-8-10;3*1-2;;/h1-6,8-9H;4-7,9H,1-3H3;;;;;/q2*-1;;;;;+2/t;9-;;;;;/m.1...../s1. The Morgan fingerprint density at radius 2 is 1.32 bits per heavy atom. The Balaban J connectivity index is -0.000000181. The molecule has 7 heteroatoms. The van der Waals surface area contributed by atoms with E-state index in [1.165, 1.54) is 5.56 Å². The van der Waals surface area contributed by atoms with Gasteiger partial charge >= 0.3 is 54.3 Å². The Hall–Kier alpha value is -2.04. The van der Waals surface area contributed by atoms with Crippen LogP contribution in [0.3, 0.4) is 0 Å². The minimum atomic E-state index is 0. The molecule has 0 spiro atoms. The Morgan fingerprint density at radius 3 is 1.71 bits per heavy atom. The zero-order valence-electron chi connectivity index (χ0n) is 17.3. The molecule has 0 radical (unpaired) electrons. The quantitative estimate of drug-likeness (QED) is 0.276. The number of aromatic nitrogens is 1. The minimum Gasteiger partial charge on any atom is -0.305 e. The third kappa shape index (κ3) is 16.3. The average Bonchev–Trinajstić information content (AvgIpc) is 2.84. The SMILES string of the molecule is C[C@H](c1[c-]cccc1)N(C)C.[C-]#[O+].[C-]#[O+].[C-]#[O+].[Cr].[Pd+2].[c-]1ccccc1-c1ccccn1. The van der Waals surface area contributed by atoms with Crippen LogP contribution < -0.4 is 0 Å². The van der Waals surface area contributed by atoms with E-state index in [1.807, 2.05) is 60.7 Å². The van der Waals surface area contributed by atoms with E-state index in [-0.39, 0.29) is 37.8 Å². The maximum Gasteiger partial charge on any atom is 2.00 e. The maximum absolute atomic E-state index is 7.50. The van der Waals surface area contributed by atoms with Gasteiger partial charge in [-0.1, -0.05) is 12.1 Å². The summed E-state index contributed by atoms with van der Waals surface area (Å²) in [6, 6.07) is 28.6. The summed E-state index contributed by atoms with van der Waals surface area (Å²) < 4.78 is 22.5. The second kappa shape index (κ2) is 26.0. The van der Waals surface area contributed by atoms with Crippen LogP contribution in [-0.4, -0.2) is 24.0 Å². The van der Waals surface area contributed by atoms with Crippen LogP contribution in [0.5, 0.6) is 0 Å². The maximum atomic E-state index is 7.50. The summed E-state index contributed by atoms with van der Waals surface area (Å²) in [5.74, 6) is 0. The normalized spacial score (nSPS) is 8.71. The van der Waals surface area contributed by atoms with Crippen molar-refractivity contribution >= 4 is 0 Å². The van der Waals surface area contributed by atoms with Crippen LogP contribution >= 0.6 is 0 Å². The van der Waals surface area contributed by atoms with Gasteiger partial charge in [0.25, 0.3) is 0 Å². The molecule has 0 aliphatic carbocycles. The smallest absolute Gasteiger partial charge is 0.305 e. The molecule has 0 fully saturated rings. The van der Waals surface area contributed by atoms with Gasteiger partial charge in [-0.25, -0.2) is 0 Å². The Labute approximate surface area is 209 Å². The van der Waals surface area contributed by atoms with Crippen LogP contribution in [0.1, 0.15) is 18.5 Å². The van der Waals surface area contributed by atoms with Crippen LogP contribution in [0.15, 0.2) is 72.9 Å². The summed E-state index contributed by atoms with van der Waals surface area (Å²) in [5.41, 5.74) is 3.26. The minimum absolute atomic E-state index is 0. The molecule has 1 atom stereocenters. The van der Waals surface area contributed by atoms with Crippen LogP contribution in [0.4, 0.5) is 0 Å². The van der Waals surface area contributed by atoms with Crippen LogP contribution in [0.2, 0.25) is 0 Å². The molecule has 3 aromatic rings. The summed E-state index contributed by atoms with van der Waals surface area (Å²) >= 11 is 0. The van der Waals surface area contributed by atoms with Crippen LogP contribution in [0.25, 0.3) is 11.3 Å². The van der Waals surface area contributed by atoms with Gasteiger partial charge in [-0.05, 0) is 32.8 Å². The van der Waals surface area contributed by atoms with Crippen molar-refractivity contribution in [2.24, 2.45) is 0 Å². The van der Waals surface area contributed by atoms with Crippen molar-refractivity contribution in [1.82, 2.24) is 9.88 Å². The van der Waals surface area contributed by atoms with Crippen molar-refractivity contribution in [3.63, 3.8) is 0 Å². The third-order valence-corrected chi connectivity index (χ3v) is 3.61. The summed E-state index contributed by atoms with van der Waals surface area (Å²) in [6.07, 6.45) is 1.79. The molecule has 31 heavy (non-hydrogen) atoms. The Kier molecular flexibility index (Phi) is 30.5. The molecule has 162 valence electrons. The number of pyridine rings is 1. The number of nitrogens with zero attached hydrogens (tertiary/aromatic N) is 2. The van der Waals surface area contributed by atoms with Crippen LogP contribution in [0, 0.1) is 32.1 Å². The molecule has 1 aromatic heterocycles. The van der Waals surface area contributed by atoms with E-state index in [2.05, 4.69) is 69.1 Å². The van der Waals surface area contributed by atoms with E-state index in [9.17, 15) is 0 Å². The van der Waals surface area contributed by atoms with Crippen molar-refractivity contribution in [2.75, 3.05) is 14.1 Å². The van der Waals surface area contributed by atoms with E-state index < -0.39 is 0 Å². The fourth-order valence-electron chi connectivity index (χ4n) is 2.02. The third-order valence-electron chi connectivity index (χ3n) is 3.61. The van der Waals surface area contributed by atoms with Crippen LogP contribution in [-0.2, 0) is 51.7 Å². The van der Waals surface area contributed by atoms with Crippen molar-refractivity contribution in [2.45, 2.75) is 13.0 Å². The molecule has 0 bridgehead atoms. The van der Waals surface area contributed by atoms with Crippen molar-refractivity contribution < 1.29 is 51.7 Å². The molecule has 0 unspecified atom stereocenters. The Morgan fingerprint density at radius 1 is 0.806 bits per heavy atom. The van der Waals surface area contributed by atoms with Gasteiger partial charge in [0.15, 0.2) is 0 Å². The zero-order valence-corrected chi connectivity index (χ0v) is 20.2. The van der Waals surface area contributed by atoms with E-state index in [4.69, 9.17) is 14.0 Å². The molecule has 3 rings (SSSR count). The fourth-order valence-corrected chi connectivity index (χ4v) is 2.02. The summed E-state index contributed by atoms with van der Waals surface area (Å²) in [4.78, 5) is 6.39. The molecule has 0 amide bonds. The molecular weight excluding hydrogens is 523 g/mol. The zero-order chi connectivity index (χ0) is 22.5. The predicted molar refractivity (Wildman–Crippen MR) is 108 cm³/mol. The molecule has 0 aliphatic rings. The van der Waals surface area contributed by atoms with E-state index in [0.29, 0.717) is 6.04 Å². The first kappa shape index (κ1) is 36.3. The molecule has 0 saturated carbocycles. The van der Waals surface area contributed by atoms with Gasteiger partial charge in [0, 0.05) is 29.6 Å². The molecule has 0 saturated heterocycles. The largest absolute Gasteiger partial charge is 2.00 e. The van der Waals surface area contributed by atoms with Crippen molar-refractivity contribution in [3.05, 3.63) is 111 Å². The molecule has 0 N–H and O–H groups in total. The second-order valence-corrected chi connectivity index (χ2v) is 5.45. The molecular formula is C24H22CrN2O3Pd. The number of rotatable bonds is 3. The summed E-state index contributed by atoms with van der Waals surface area (Å²) in [7, 11) is 4.15. The monoisotopic (exact) mass is 544 g/mol. The van der Waals surface area contributed by atoms with Gasteiger partial charge in [0.2, 0.25) is 0 Å². The van der Waals surface area contributed by atoms with Gasteiger partial charge < -0.3 is 9.88 Å². The predicted octanol–water partition coefficient (Wildman–Crippen LogP) is 4.54. The first-order valence-corrected chi connectivity index (χ1v) is 8.31. The summed E-state index contributed by atoms with van der Waals surface area (Å²) in [5, 5.41) is 0. The molecule has 0 aliphatic heterocycles. The number of hydrogen-bond donors (Lipinski definition) is 0. The molecule has 1 heterocycles. The summed E-state index contributed by atoms with van der Waals surface area (Å²) in [6.45, 7) is 15.7.